The average molecular weight is 576 g/mol. The Morgan fingerprint density at radius 3 is 2.27 bits per heavy atom. The number of hydrogen-bond donors (Lipinski definition) is 1. The summed E-state index contributed by atoms with van der Waals surface area (Å²) in [6.07, 6.45) is 0.488. The third-order valence-corrected chi connectivity index (χ3v) is 6.30. The molecule has 0 saturated carbocycles. The molecule has 0 saturated heterocycles. The molecule has 10 heteroatoms. The van der Waals surface area contributed by atoms with Crippen molar-refractivity contribution >= 4 is 75.3 Å². The number of fused-ring (bicyclic) bond motifs is 1. The van der Waals surface area contributed by atoms with E-state index in [2.05, 4.69) is 10.5 Å². The summed E-state index contributed by atoms with van der Waals surface area (Å²) in [7, 11) is 0. The quantitative estimate of drug-likeness (QED) is 0.107. The highest BCUT2D eigenvalue weighted by atomic mass is 35.5. The summed E-state index contributed by atoms with van der Waals surface area (Å²) in [5.74, 6) is -0.654. The summed E-state index contributed by atoms with van der Waals surface area (Å²) >= 11 is 24.1. The van der Waals surface area contributed by atoms with Crippen molar-refractivity contribution in [3.8, 4) is 11.5 Å². The van der Waals surface area contributed by atoms with Gasteiger partial charge >= 0.3 is 5.97 Å². The fourth-order valence-electron chi connectivity index (χ4n) is 3.37. The molecule has 188 valence electrons. The topological polar surface area (TPSA) is 77.0 Å². The van der Waals surface area contributed by atoms with E-state index in [0.29, 0.717) is 21.4 Å². The number of benzene rings is 4. The Bertz CT molecular complexity index is 1520. The van der Waals surface area contributed by atoms with Gasteiger partial charge in [-0.1, -0.05) is 76.7 Å². The summed E-state index contributed by atoms with van der Waals surface area (Å²) < 4.78 is 11.3. The Labute approximate surface area is 232 Å². The monoisotopic (exact) mass is 574 g/mol. The second-order valence-electron chi connectivity index (χ2n) is 7.78. The maximum atomic E-state index is 12.8. The van der Waals surface area contributed by atoms with Crippen LogP contribution in [0.2, 0.25) is 20.1 Å². The minimum absolute atomic E-state index is 0.155. The van der Waals surface area contributed by atoms with E-state index in [-0.39, 0.29) is 21.4 Å². The Hall–Kier alpha value is -3.29. The first kappa shape index (κ1) is 26.8. The Balaban J connectivity index is 1.55. The second kappa shape index (κ2) is 11.8. The van der Waals surface area contributed by atoms with E-state index in [9.17, 15) is 9.59 Å². The van der Waals surface area contributed by atoms with E-state index in [1.807, 2.05) is 30.3 Å². The van der Waals surface area contributed by atoms with E-state index in [1.165, 1.54) is 24.4 Å². The summed E-state index contributed by atoms with van der Waals surface area (Å²) in [4.78, 5) is 25.4. The van der Waals surface area contributed by atoms with Crippen molar-refractivity contribution in [2.24, 2.45) is 5.10 Å². The van der Waals surface area contributed by atoms with Crippen LogP contribution in [0, 0.1) is 0 Å². The number of nitrogens with zero attached hydrogens (tertiary/aromatic N) is 1. The molecule has 0 heterocycles. The van der Waals surface area contributed by atoms with E-state index in [0.717, 1.165) is 10.8 Å². The standard InChI is InChI=1S/C27H18Cl4N2O4/c1-15(36-25-11-8-18(29)13-23(25)31)26(34)33-32-14-21-19-5-3-2-4-16(19)6-10-24(21)37-27(35)20-9-7-17(28)12-22(20)30/h2-15H,1H3,(H,33,34)/b32-14-/t15-/m0/s1. The van der Waals surface area contributed by atoms with E-state index in [4.69, 9.17) is 55.9 Å². The second-order valence-corrected chi connectivity index (χ2v) is 9.47. The van der Waals surface area contributed by atoms with E-state index < -0.39 is 18.0 Å². The maximum Gasteiger partial charge on any atom is 0.345 e. The SMILES string of the molecule is C[C@H](Oc1ccc(Cl)cc1Cl)C(=O)N/N=C\c1c(OC(=O)c2ccc(Cl)cc2Cl)ccc2ccccc12. The van der Waals surface area contributed by atoms with Crippen LogP contribution in [0.3, 0.4) is 0 Å². The molecule has 0 fully saturated rings. The third kappa shape index (κ3) is 6.53. The highest BCUT2D eigenvalue weighted by molar-refractivity contribution is 6.36. The van der Waals surface area contributed by atoms with Crippen LogP contribution in [0.25, 0.3) is 10.8 Å². The molecule has 37 heavy (non-hydrogen) atoms. The molecule has 1 N–H and O–H groups in total. The largest absolute Gasteiger partial charge is 0.479 e. The fraction of sp³-hybridized carbons (Fsp3) is 0.0741. The molecule has 0 aromatic heterocycles. The summed E-state index contributed by atoms with van der Waals surface area (Å²) in [5, 5.41) is 6.99. The van der Waals surface area contributed by atoms with E-state index >= 15 is 0 Å². The molecule has 0 spiro atoms. The molecule has 4 aromatic carbocycles. The van der Waals surface area contributed by atoms with Crippen LogP contribution >= 0.6 is 46.4 Å². The Morgan fingerprint density at radius 2 is 1.54 bits per heavy atom. The molecule has 0 unspecified atom stereocenters. The molecule has 0 aliphatic rings. The van der Waals surface area contributed by atoms with Crippen molar-refractivity contribution in [2.45, 2.75) is 13.0 Å². The van der Waals surface area contributed by atoms with Crippen molar-refractivity contribution in [3.63, 3.8) is 0 Å². The van der Waals surface area contributed by atoms with Gasteiger partial charge in [-0.3, -0.25) is 4.79 Å². The lowest BCUT2D eigenvalue weighted by Gasteiger charge is -2.14. The summed E-state index contributed by atoms with van der Waals surface area (Å²) in [6, 6.07) is 20.1. The molecule has 6 nitrogen and oxygen atoms in total. The van der Waals surface area contributed by atoms with Crippen molar-refractivity contribution in [1.82, 2.24) is 5.43 Å². The van der Waals surface area contributed by atoms with Crippen molar-refractivity contribution < 1.29 is 19.1 Å². The highest BCUT2D eigenvalue weighted by Crippen LogP contribution is 2.30. The van der Waals surface area contributed by atoms with Crippen LogP contribution in [0.5, 0.6) is 11.5 Å². The molecule has 1 atom stereocenters. The smallest absolute Gasteiger partial charge is 0.345 e. The van der Waals surface area contributed by atoms with Crippen LogP contribution in [0.1, 0.15) is 22.8 Å². The van der Waals surface area contributed by atoms with Crippen LogP contribution in [-0.4, -0.2) is 24.2 Å². The number of rotatable bonds is 7. The molecule has 4 aromatic rings. The van der Waals surface area contributed by atoms with Gasteiger partial charge in [-0.25, -0.2) is 10.2 Å². The minimum atomic E-state index is -0.910. The fourth-order valence-corrected chi connectivity index (χ4v) is 4.31. The number of hydrazone groups is 1. The lowest BCUT2D eigenvalue weighted by Crippen LogP contribution is -2.33. The molecule has 0 aliphatic heterocycles. The Kier molecular flexibility index (Phi) is 8.56. The van der Waals surface area contributed by atoms with Gasteiger partial charge < -0.3 is 9.47 Å². The number of ether oxygens (including phenoxy) is 2. The first-order chi connectivity index (χ1) is 17.7. The number of halogens is 4. The third-order valence-electron chi connectivity index (χ3n) is 5.22. The normalized spacial score (nSPS) is 11.9. The number of amides is 1. The van der Waals surface area contributed by atoms with Gasteiger partial charge in [0.2, 0.25) is 0 Å². The van der Waals surface area contributed by atoms with E-state index in [1.54, 1.807) is 31.2 Å². The zero-order valence-corrected chi connectivity index (χ0v) is 22.2. The summed E-state index contributed by atoms with van der Waals surface area (Å²) in [6.45, 7) is 1.55. The van der Waals surface area contributed by atoms with Crippen molar-refractivity contribution in [3.05, 3.63) is 104 Å². The van der Waals surface area contributed by atoms with Crippen LogP contribution in [0.4, 0.5) is 0 Å². The predicted molar refractivity (Wildman–Crippen MR) is 148 cm³/mol. The molecule has 4 rings (SSSR count). The average Bonchev–Trinajstić information content (AvgIpc) is 2.86. The predicted octanol–water partition coefficient (Wildman–Crippen LogP) is 7.59. The van der Waals surface area contributed by atoms with Crippen LogP contribution in [-0.2, 0) is 4.79 Å². The van der Waals surface area contributed by atoms with Gasteiger partial charge in [0.1, 0.15) is 11.5 Å². The number of esters is 1. The number of carbonyl (C=O) groups excluding carboxylic acids is 2. The molecule has 1 amide bonds. The van der Waals surface area contributed by atoms with Gasteiger partial charge in [0.15, 0.2) is 6.10 Å². The molecular formula is C27H18Cl4N2O4. The highest BCUT2D eigenvalue weighted by Gasteiger charge is 2.18. The molecule has 0 aliphatic carbocycles. The zero-order chi connectivity index (χ0) is 26.5. The Morgan fingerprint density at radius 1 is 0.865 bits per heavy atom. The van der Waals surface area contributed by atoms with Crippen LogP contribution < -0.4 is 14.9 Å². The van der Waals surface area contributed by atoms with Crippen LogP contribution in [0.15, 0.2) is 77.9 Å². The van der Waals surface area contributed by atoms with Gasteiger partial charge in [-0.2, -0.15) is 5.10 Å². The summed E-state index contributed by atoms with van der Waals surface area (Å²) in [5.41, 5.74) is 3.07. The maximum absolute atomic E-state index is 12.8. The minimum Gasteiger partial charge on any atom is -0.479 e. The van der Waals surface area contributed by atoms with Gasteiger partial charge in [0, 0.05) is 15.6 Å². The first-order valence-corrected chi connectivity index (χ1v) is 12.4. The number of hydrogen-bond acceptors (Lipinski definition) is 5. The van der Waals surface area contributed by atoms with Gasteiger partial charge in [0.25, 0.3) is 5.91 Å². The van der Waals surface area contributed by atoms with Crippen molar-refractivity contribution in [1.29, 1.82) is 0 Å². The molecular weight excluding hydrogens is 558 g/mol. The number of nitrogens with one attached hydrogen (secondary N) is 1. The lowest BCUT2D eigenvalue weighted by molar-refractivity contribution is -0.127. The van der Waals surface area contributed by atoms with Gasteiger partial charge in [-0.15, -0.1) is 0 Å². The lowest BCUT2D eigenvalue weighted by atomic mass is 10.0. The zero-order valence-electron chi connectivity index (χ0n) is 19.2. The molecule has 0 bridgehead atoms. The number of carbonyl (C=O) groups is 2. The van der Waals surface area contributed by atoms with Gasteiger partial charge in [-0.05, 0) is 60.2 Å². The first-order valence-electron chi connectivity index (χ1n) is 10.9. The molecule has 0 radical (unpaired) electrons. The van der Waals surface area contributed by atoms with Gasteiger partial charge in [0.05, 0.1) is 21.8 Å². The van der Waals surface area contributed by atoms with Crippen molar-refractivity contribution in [2.75, 3.05) is 0 Å².